The van der Waals surface area contributed by atoms with Crippen molar-refractivity contribution in [1.29, 1.82) is 0 Å². The molecule has 1 aromatic rings. The quantitative estimate of drug-likeness (QED) is 0.465. The maximum atomic E-state index is 10.5. The molecule has 1 aromatic carbocycles. The maximum Gasteiger partial charge on any atom is 0.269 e. The van der Waals surface area contributed by atoms with Crippen molar-refractivity contribution >= 4 is 17.3 Å². The largest absolute Gasteiger partial charge is 0.269 e. The molecule has 0 spiro atoms. The molecule has 92 valence electrons. The Morgan fingerprint density at radius 2 is 2.00 bits per heavy atom. The average Bonchev–Trinajstić information content (AvgIpc) is 2.89. The Morgan fingerprint density at radius 1 is 1.47 bits per heavy atom. The Hall–Kier alpha value is -1.09. The molecule has 0 saturated heterocycles. The van der Waals surface area contributed by atoms with Gasteiger partial charge < -0.3 is 0 Å². The Labute approximate surface area is 106 Å². The van der Waals surface area contributed by atoms with E-state index < -0.39 is 0 Å². The zero-order valence-electron chi connectivity index (χ0n) is 10.0. The first-order valence-corrected chi connectivity index (χ1v) is 6.21. The molecule has 0 N–H and O–H groups in total. The maximum absolute atomic E-state index is 10.5. The summed E-state index contributed by atoms with van der Waals surface area (Å²) in [5, 5.41) is 10.6. The van der Waals surface area contributed by atoms with Gasteiger partial charge in [-0.2, -0.15) is 0 Å². The predicted molar refractivity (Wildman–Crippen MR) is 68.3 cm³/mol. The van der Waals surface area contributed by atoms with Crippen LogP contribution in [0.4, 0.5) is 5.69 Å². The van der Waals surface area contributed by atoms with E-state index in [4.69, 9.17) is 11.6 Å². The number of benzene rings is 1. The third kappa shape index (κ3) is 2.78. The topological polar surface area (TPSA) is 43.1 Å². The number of alkyl halides is 1. The minimum absolute atomic E-state index is 0.131. The van der Waals surface area contributed by atoms with Crippen LogP contribution in [0.1, 0.15) is 25.8 Å². The lowest BCUT2D eigenvalue weighted by Gasteiger charge is -2.11. The Bertz CT molecular complexity index is 428. The highest BCUT2D eigenvalue weighted by Gasteiger charge is 2.49. The van der Waals surface area contributed by atoms with Gasteiger partial charge in [-0.3, -0.25) is 10.1 Å². The van der Waals surface area contributed by atoms with E-state index >= 15 is 0 Å². The fourth-order valence-corrected chi connectivity index (χ4v) is 2.85. The van der Waals surface area contributed by atoms with Gasteiger partial charge in [0.2, 0.25) is 0 Å². The first-order valence-electron chi connectivity index (χ1n) is 5.77. The number of non-ortho nitro benzene ring substituents is 1. The first kappa shape index (κ1) is 12.4. The zero-order chi connectivity index (χ0) is 12.6. The van der Waals surface area contributed by atoms with Crippen molar-refractivity contribution in [3.05, 3.63) is 39.9 Å². The summed E-state index contributed by atoms with van der Waals surface area (Å²) >= 11 is 6.37. The van der Waals surface area contributed by atoms with E-state index in [1.54, 1.807) is 12.1 Å². The van der Waals surface area contributed by atoms with E-state index in [0.717, 1.165) is 12.0 Å². The number of hydrogen-bond donors (Lipinski definition) is 0. The van der Waals surface area contributed by atoms with E-state index in [2.05, 4.69) is 13.8 Å². The summed E-state index contributed by atoms with van der Waals surface area (Å²) < 4.78 is 0. The molecule has 4 heteroatoms. The van der Waals surface area contributed by atoms with Crippen molar-refractivity contribution in [2.24, 2.45) is 11.3 Å². The fraction of sp³-hybridized carbons (Fsp3) is 0.538. The molecular formula is C13H16ClNO2. The van der Waals surface area contributed by atoms with Gasteiger partial charge >= 0.3 is 0 Å². The third-order valence-electron chi connectivity index (χ3n) is 3.60. The predicted octanol–water partition coefficient (Wildman–Crippen LogP) is 3.79. The lowest BCUT2D eigenvalue weighted by atomic mass is 10.0. The first-order chi connectivity index (χ1) is 7.90. The number of halogens is 1. The second-order valence-corrected chi connectivity index (χ2v) is 6.00. The molecule has 0 aliphatic heterocycles. The highest BCUT2D eigenvalue weighted by Crippen LogP contribution is 2.55. The smallest absolute Gasteiger partial charge is 0.258 e. The molecule has 0 bridgehead atoms. The van der Waals surface area contributed by atoms with Crippen LogP contribution < -0.4 is 0 Å². The second kappa shape index (κ2) is 4.30. The van der Waals surface area contributed by atoms with Crippen LogP contribution in [0.5, 0.6) is 0 Å². The highest BCUT2D eigenvalue weighted by molar-refractivity contribution is 6.21. The molecule has 0 radical (unpaired) electrons. The number of nitro benzene ring substituents is 1. The van der Waals surface area contributed by atoms with Crippen LogP contribution in [0.2, 0.25) is 0 Å². The minimum atomic E-state index is -0.383. The second-order valence-electron chi connectivity index (χ2n) is 5.44. The van der Waals surface area contributed by atoms with Gasteiger partial charge in [-0.1, -0.05) is 26.0 Å². The van der Waals surface area contributed by atoms with Crippen molar-refractivity contribution in [2.75, 3.05) is 0 Å². The van der Waals surface area contributed by atoms with Crippen molar-refractivity contribution in [3.8, 4) is 0 Å². The SMILES string of the molecule is CC1(C)CC1C(Cl)Cc1ccc([N+](=O)[O-])cc1. The van der Waals surface area contributed by atoms with Gasteiger partial charge in [-0.05, 0) is 29.7 Å². The summed E-state index contributed by atoms with van der Waals surface area (Å²) in [5.74, 6) is 0.569. The number of hydrogen-bond acceptors (Lipinski definition) is 2. The Balaban J connectivity index is 1.97. The molecule has 2 rings (SSSR count). The molecule has 2 atom stereocenters. The third-order valence-corrected chi connectivity index (χ3v) is 4.06. The highest BCUT2D eigenvalue weighted by atomic mass is 35.5. The van der Waals surface area contributed by atoms with E-state index in [0.29, 0.717) is 11.3 Å². The van der Waals surface area contributed by atoms with Crippen LogP contribution >= 0.6 is 11.6 Å². The number of nitrogens with zero attached hydrogens (tertiary/aromatic N) is 1. The normalized spacial score (nSPS) is 23.1. The summed E-state index contributed by atoms with van der Waals surface area (Å²) in [6.07, 6.45) is 1.96. The van der Waals surface area contributed by atoms with Crippen LogP contribution in [0, 0.1) is 21.4 Å². The lowest BCUT2D eigenvalue weighted by molar-refractivity contribution is -0.384. The summed E-state index contributed by atoms with van der Waals surface area (Å²) in [4.78, 5) is 10.1. The van der Waals surface area contributed by atoms with Crippen LogP contribution in [0.3, 0.4) is 0 Å². The Kier molecular flexibility index (Phi) is 3.13. The molecule has 0 amide bonds. The minimum Gasteiger partial charge on any atom is -0.258 e. The van der Waals surface area contributed by atoms with Crippen LogP contribution in [-0.2, 0) is 6.42 Å². The average molecular weight is 254 g/mol. The van der Waals surface area contributed by atoms with Crippen LogP contribution in [0.25, 0.3) is 0 Å². The Morgan fingerprint density at radius 3 is 2.41 bits per heavy atom. The number of nitro groups is 1. The van der Waals surface area contributed by atoms with Crippen molar-refractivity contribution in [3.63, 3.8) is 0 Å². The van der Waals surface area contributed by atoms with Gasteiger partial charge in [0, 0.05) is 17.5 Å². The summed E-state index contributed by atoms with van der Waals surface area (Å²) in [6.45, 7) is 4.45. The van der Waals surface area contributed by atoms with Crippen LogP contribution in [-0.4, -0.2) is 10.3 Å². The molecule has 17 heavy (non-hydrogen) atoms. The molecular weight excluding hydrogens is 238 g/mol. The fourth-order valence-electron chi connectivity index (χ4n) is 2.25. The summed E-state index contributed by atoms with van der Waals surface area (Å²) in [6, 6.07) is 6.67. The van der Waals surface area contributed by atoms with Gasteiger partial charge in [0.25, 0.3) is 5.69 Å². The van der Waals surface area contributed by atoms with Gasteiger partial charge in [-0.25, -0.2) is 0 Å². The molecule has 1 saturated carbocycles. The molecule has 2 unspecified atom stereocenters. The molecule has 1 aliphatic rings. The lowest BCUT2D eigenvalue weighted by Crippen LogP contribution is -2.10. The van der Waals surface area contributed by atoms with Crippen LogP contribution in [0.15, 0.2) is 24.3 Å². The molecule has 0 heterocycles. The summed E-state index contributed by atoms with van der Waals surface area (Å²) in [5.41, 5.74) is 1.57. The van der Waals surface area contributed by atoms with Crippen molar-refractivity contribution in [1.82, 2.24) is 0 Å². The molecule has 1 aliphatic carbocycles. The van der Waals surface area contributed by atoms with Gasteiger partial charge in [0.15, 0.2) is 0 Å². The van der Waals surface area contributed by atoms with E-state index in [1.165, 1.54) is 18.6 Å². The monoisotopic (exact) mass is 253 g/mol. The molecule has 1 fully saturated rings. The van der Waals surface area contributed by atoms with E-state index in [9.17, 15) is 10.1 Å². The van der Waals surface area contributed by atoms with Gasteiger partial charge in [0.05, 0.1) is 4.92 Å². The van der Waals surface area contributed by atoms with Gasteiger partial charge in [-0.15, -0.1) is 11.6 Å². The van der Waals surface area contributed by atoms with E-state index in [-0.39, 0.29) is 16.0 Å². The number of rotatable bonds is 4. The molecule has 3 nitrogen and oxygen atoms in total. The zero-order valence-corrected chi connectivity index (χ0v) is 10.8. The molecule has 0 aromatic heterocycles. The standard InChI is InChI=1S/C13H16ClNO2/c1-13(2)8-11(13)12(14)7-9-3-5-10(6-4-9)15(16)17/h3-6,11-12H,7-8H2,1-2H3. The van der Waals surface area contributed by atoms with E-state index in [1.807, 2.05) is 0 Å². The van der Waals surface area contributed by atoms with Crippen molar-refractivity contribution < 1.29 is 4.92 Å². The summed E-state index contributed by atoms with van der Waals surface area (Å²) in [7, 11) is 0. The van der Waals surface area contributed by atoms with Gasteiger partial charge in [0.1, 0.15) is 0 Å². The van der Waals surface area contributed by atoms with Crippen molar-refractivity contribution in [2.45, 2.75) is 32.1 Å².